The van der Waals surface area contributed by atoms with Gasteiger partial charge in [0, 0.05) is 0 Å². The quantitative estimate of drug-likeness (QED) is 0.802. The Morgan fingerprint density at radius 3 is 2.73 bits per heavy atom. The molecule has 4 nitrogen and oxygen atoms in total. The molecule has 0 saturated heterocycles. The Morgan fingerprint density at radius 1 is 1.33 bits per heavy atom. The van der Waals surface area contributed by atoms with Crippen molar-refractivity contribution < 1.29 is 5.11 Å². The molecular weight excluding hydrogens is 190 g/mol. The lowest BCUT2D eigenvalue weighted by Crippen LogP contribution is -1.99. The van der Waals surface area contributed by atoms with Crippen LogP contribution in [0.1, 0.15) is 17.0 Å². The molecule has 0 aliphatic heterocycles. The van der Waals surface area contributed by atoms with Crippen LogP contribution >= 0.6 is 0 Å². The molecule has 0 aliphatic rings. The summed E-state index contributed by atoms with van der Waals surface area (Å²) < 4.78 is 1.73. The fourth-order valence-corrected chi connectivity index (χ4v) is 1.51. The van der Waals surface area contributed by atoms with E-state index < -0.39 is 0 Å². The van der Waals surface area contributed by atoms with Gasteiger partial charge in [0.2, 0.25) is 0 Å². The summed E-state index contributed by atoms with van der Waals surface area (Å²) in [4.78, 5) is 0. The zero-order valence-corrected chi connectivity index (χ0v) is 8.81. The lowest BCUT2D eigenvalue weighted by atomic mass is 10.2. The predicted octanol–water partition coefficient (Wildman–Crippen LogP) is 1.38. The van der Waals surface area contributed by atoms with Crippen molar-refractivity contribution >= 4 is 0 Å². The molecule has 0 unspecified atom stereocenters. The van der Waals surface area contributed by atoms with E-state index in [9.17, 15) is 0 Å². The number of hydrogen-bond donors (Lipinski definition) is 1. The average Bonchev–Trinajstić information content (AvgIpc) is 2.59. The Kier molecular flexibility index (Phi) is 2.51. The van der Waals surface area contributed by atoms with Gasteiger partial charge in [0.05, 0.1) is 18.0 Å². The van der Waals surface area contributed by atoms with Crippen LogP contribution in [-0.4, -0.2) is 20.1 Å². The lowest BCUT2D eigenvalue weighted by Gasteiger charge is -2.03. The molecule has 0 fully saturated rings. The van der Waals surface area contributed by atoms with Crippen LogP contribution in [0.4, 0.5) is 0 Å². The van der Waals surface area contributed by atoms with E-state index in [0.29, 0.717) is 5.69 Å². The van der Waals surface area contributed by atoms with E-state index in [2.05, 4.69) is 10.3 Å². The first-order chi connectivity index (χ1) is 7.22. The minimum Gasteiger partial charge on any atom is -0.390 e. The monoisotopic (exact) mass is 203 g/mol. The van der Waals surface area contributed by atoms with E-state index in [1.807, 2.05) is 38.1 Å². The number of hydrogen-bond acceptors (Lipinski definition) is 3. The van der Waals surface area contributed by atoms with Crippen LogP contribution in [-0.2, 0) is 6.61 Å². The normalized spacial score (nSPS) is 10.6. The third-order valence-corrected chi connectivity index (χ3v) is 2.39. The van der Waals surface area contributed by atoms with Crippen molar-refractivity contribution in [1.82, 2.24) is 15.0 Å². The van der Waals surface area contributed by atoms with Crippen LogP contribution in [0, 0.1) is 13.8 Å². The van der Waals surface area contributed by atoms with E-state index in [1.54, 1.807) is 4.68 Å². The Labute approximate surface area is 88.2 Å². The van der Waals surface area contributed by atoms with E-state index >= 15 is 0 Å². The van der Waals surface area contributed by atoms with Crippen LogP contribution in [0.25, 0.3) is 5.69 Å². The molecule has 15 heavy (non-hydrogen) atoms. The molecular formula is C11H13N3O. The lowest BCUT2D eigenvalue weighted by molar-refractivity contribution is 0.276. The number of aliphatic hydroxyl groups is 1. The number of nitrogens with zero attached hydrogens (tertiary/aromatic N) is 3. The molecule has 0 amide bonds. The number of aliphatic hydroxyl groups excluding tert-OH is 1. The van der Waals surface area contributed by atoms with Gasteiger partial charge in [0.25, 0.3) is 0 Å². The van der Waals surface area contributed by atoms with Gasteiger partial charge in [0.1, 0.15) is 5.69 Å². The molecule has 2 aromatic rings. The number of benzene rings is 1. The largest absolute Gasteiger partial charge is 0.390 e. The van der Waals surface area contributed by atoms with Crippen LogP contribution in [0.2, 0.25) is 0 Å². The van der Waals surface area contributed by atoms with Crippen molar-refractivity contribution in [3.05, 3.63) is 41.2 Å². The first-order valence-electron chi connectivity index (χ1n) is 4.81. The van der Waals surface area contributed by atoms with Crippen molar-refractivity contribution in [3.8, 4) is 5.69 Å². The topological polar surface area (TPSA) is 50.9 Å². The molecule has 0 bridgehead atoms. The molecule has 0 atom stereocenters. The average molecular weight is 203 g/mol. The van der Waals surface area contributed by atoms with Gasteiger partial charge in [0.15, 0.2) is 0 Å². The highest BCUT2D eigenvalue weighted by Gasteiger charge is 2.08. The highest BCUT2D eigenvalue weighted by atomic mass is 16.3. The molecule has 0 aliphatic carbocycles. The van der Waals surface area contributed by atoms with Gasteiger partial charge < -0.3 is 5.11 Å². The Bertz CT molecular complexity index is 476. The predicted molar refractivity (Wildman–Crippen MR) is 56.8 cm³/mol. The maximum atomic E-state index is 9.02. The van der Waals surface area contributed by atoms with E-state index in [0.717, 1.165) is 11.4 Å². The van der Waals surface area contributed by atoms with Gasteiger partial charge in [-0.25, -0.2) is 4.68 Å². The van der Waals surface area contributed by atoms with Crippen LogP contribution < -0.4 is 0 Å². The summed E-state index contributed by atoms with van der Waals surface area (Å²) in [5.41, 5.74) is 3.65. The number of rotatable bonds is 2. The molecule has 0 saturated carbocycles. The summed E-state index contributed by atoms with van der Waals surface area (Å²) in [5.74, 6) is 0. The second-order valence-electron chi connectivity index (χ2n) is 3.53. The summed E-state index contributed by atoms with van der Waals surface area (Å²) >= 11 is 0. The molecule has 1 aromatic carbocycles. The fraction of sp³-hybridized carbons (Fsp3) is 0.273. The first-order valence-corrected chi connectivity index (χ1v) is 4.81. The second kappa shape index (κ2) is 3.82. The van der Waals surface area contributed by atoms with Crippen molar-refractivity contribution in [2.24, 2.45) is 0 Å². The molecule has 1 heterocycles. The minimum absolute atomic E-state index is 0.0718. The summed E-state index contributed by atoms with van der Waals surface area (Å²) in [7, 11) is 0. The van der Waals surface area contributed by atoms with Crippen molar-refractivity contribution in [2.75, 3.05) is 0 Å². The summed E-state index contributed by atoms with van der Waals surface area (Å²) in [6, 6.07) is 8.01. The summed E-state index contributed by atoms with van der Waals surface area (Å²) in [6.07, 6.45) is 0. The standard InChI is InChI=1S/C11H13N3O/c1-8-4-3-5-10(6-8)14-9(2)11(7-15)12-13-14/h3-6,15H,7H2,1-2H3. The first kappa shape index (κ1) is 9.86. The van der Waals surface area contributed by atoms with Gasteiger partial charge in [-0.1, -0.05) is 17.3 Å². The molecule has 2 rings (SSSR count). The third-order valence-electron chi connectivity index (χ3n) is 2.39. The SMILES string of the molecule is Cc1cccc(-n2nnc(CO)c2C)c1. The summed E-state index contributed by atoms with van der Waals surface area (Å²) in [6.45, 7) is 3.86. The van der Waals surface area contributed by atoms with E-state index in [1.165, 1.54) is 5.56 Å². The molecule has 1 aromatic heterocycles. The Hall–Kier alpha value is -1.68. The Morgan fingerprint density at radius 2 is 2.13 bits per heavy atom. The minimum atomic E-state index is -0.0718. The third kappa shape index (κ3) is 1.76. The molecule has 78 valence electrons. The number of aromatic nitrogens is 3. The second-order valence-corrected chi connectivity index (χ2v) is 3.53. The Balaban J connectivity index is 2.49. The molecule has 4 heteroatoms. The van der Waals surface area contributed by atoms with Crippen molar-refractivity contribution in [1.29, 1.82) is 0 Å². The van der Waals surface area contributed by atoms with Crippen LogP contribution in [0.3, 0.4) is 0 Å². The van der Waals surface area contributed by atoms with Gasteiger partial charge in [-0.05, 0) is 31.5 Å². The smallest absolute Gasteiger partial charge is 0.111 e. The number of aryl methyl sites for hydroxylation is 1. The highest BCUT2D eigenvalue weighted by Crippen LogP contribution is 2.13. The van der Waals surface area contributed by atoms with Crippen molar-refractivity contribution in [2.45, 2.75) is 20.5 Å². The van der Waals surface area contributed by atoms with E-state index in [-0.39, 0.29) is 6.61 Å². The van der Waals surface area contributed by atoms with Gasteiger partial charge in [-0.15, -0.1) is 5.10 Å². The summed E-state index contributed by atoms with van der Waals surface area (Å²) in [5, 5.41) is 16.9. The maximum absolute atomic E-state index is 9.02. The van der Waals surface area contributed by atoms with Gasteiger partial charge >= 0.3 is 0 Å². The molecule has 1 N–H and O–H groups in total. The van der Waals surface area contributed by atoms with Gasteiger partial charge in [-0.2, -0.15) is 0 Å². The fourth-order valence-electron chi connectivity index (χ4n) is 1.51. The van der Waals surface area contributed by atoms with Crippen LogP contribution in [0.15, 0.2) is 24.3 Å². The van der Waals surface area contributed by atoms with Crippen molar-refractivity contribution in [3.63, 3.8) is 0 Å². The maximum Gasteiger partial charge on any atom is 0.111 e. The molecule has 0 radical (unpaired) electrons. The highest BCUT2D eigenvalue weighted by molar-refractivity contribution is 5.36. The zero-order chi connectivity index (χ0) is 10.8. The zero-order valence-electron chi connectivity index (χ0n) is 8.81. The van der Waals surface area contributed by atoms with E-state index in [4.69, 9.17) is 5.11 Å². The van der Waals surface area contributed by atoms with Gasteiger partial charge in [-0.3, -0.25) is 0 Å². The van der Waals surface area contributed by atoms with Crippen LogP contribution in [0.5, 0.6) is 0 Å². The molecule has 0 spiro atoms.